The maximum absolute atomic E-state index is 12.2. The van der Waals surface area contributed by atoms with Crippen molar-refractivity contribution in [2.24, 2.45) is 0 Å². The molecule has 0 spiro atoms. The zero-order chi connectivity index (χ0) is 16.4. The first-order valence-corrected chi connectivity index (χ1v) is 9.12. The van der Waals surface area contributed by atoms with E-state index in [1.54, 1.807) is 25.1 Å². The Morgan fingerprint density at radius 2 is 2.09 bits per heavy atom. The van der Waals surface area contributed by atoms with E-state index in [1.807, 2.05) is 6.92 Å². The minimum atomic E-state index is -3.49. The summed E-state index contributed by atoms with van der Waals surface area (Å²) in [6.45, 7) is 4.32. The molecule has 0 atom stereocenters. The number of hydrogen-bond acceptors (Lipinski definition) is 8. The predicted octanol–water partition coefficient (Wildman–Crippen LogP) is 0.588. The average molecular weight is 353 g/mol. The van der Waals surface area contributed by atoms with Crippen LogP contribution in [0.4, 0.5) is 5.82 Å². The molecule has 23 heavy (non-hydrogen) atoms. The standard InChI is InChI=1S/C12H15N7O2S2/c1-8-7-10(9(2)22-8)23(20,21)14-6-5-13-11-3-4-12-15-17-18-19(12)16-11/h3-4,7,14H,5-6H2,1-2H3,(H,13,16). The molecule has 0 aliphatic carbocycles. The number of anilines is 1. The van der Waals surface area contributed by atoms with Gasteiger partial charge in [-0.2, -0.15) is 0 Å². The van der Waals surface area contributed by atoms with E-state index in [2.05, 4.69) is 30.7 Å². The third-order valence-corrected chi connectivity index (χ3v) is 5.76. The lowest BCUT2D eigenvalue weighted by Gasteiger charge is -2.08. The fourth-order valence-electron chi connectivity index (χ4n) is 2.07. The monoisotopic (exact) mass is 353 g/mol. The number of aromatic nitrogens is 5. The highest BCUT2D eigenvalue weighted by Crippen LogP contribution is 2.24. The first kappa shape index (κ1) is 15.8. The summed E-state index contributed by atoms with van der Waals surface area (Å²) in [5, 5.41) is 18.1. The summed E-state index contributed by atoms with van der Waals surface area (Å²) >= 11 is 1.47. The Morgan fingerprint density at radius 3 is 2.83 bits per heavy atom. The fraction of sp³-hybridized carbons (Fsp3) is 0.333. The van der Waals surface area contributed by atoms with Gasteiger partial charge in [0.1, 0.15) is 5.82 Å². The summed E-state index contributed by atoms with van der Waals surface area (Å²) in [5.41, 5.74) is 0.541. The van der Waals surface area contributed by atoms with Crippen LogP contribution >= 0.6 is 11.3 Å². The molecule has 0 unspecified atom stereocenters. The summed E-state index contributed by atoms with van der Waals surface area (Å²) in [6.07, 6.45) is 0. The zero-order valence-electron chi connectivity index (χ0n) is 12.5. The van der Waals surface area contributed by atoms with Crippen LogP contribution in [0.5, 0.6) is 0 Å². The molecule has 0 aromatic carbocycles. The fourth-order valence-corrected chi connectivity index (χ4v) is 4.66. The number of aryl methyl sites for hydroxylation is 2. The van der Waals surface area contributed by atoms with Gasteiger partial charge in [0.25, 0.3) is 0 Å². The number of rotatable bonds is 6. The number of nitrogens with zero attached hydrogens (tertiary/aromatic N) is 5. The van der Waals surface area contributed by atoms with Crippen LogP contribution in [0.1, 0.15) is 9.75 Å². The Hall–Kier alpha value is -2.11. The number of tetrazole rings is 1. The van der Waals surface area contributed by atoms with E-state index < -0.39 is 10.0 Å². The van der Waals surface area contributed by atoms with Crippen molar-refractivity contribution in [2.45, 2.75) is 18.7 Å². The summed E-state index contributed by atoms with van der Waals surface area (Å²) in [7, 11) is -3.49. The smallest absolute Gasteiger partial charge is 0.241 e. The Kier molecular flexibility index (Phi) is 4.24. The molecule has 0 fully saturated rings. The van der Waals surface area contributed by atoms with Gasteiger partial charge in [0.15, 0.2) is 5.65 Å². The molecule has 0 saturated heterocycles. The minimum Gasteiger partial charge on any atom is -0.367 e. The van der Waals surface area contributed by atoms with E-state index in [0.717, 1.165) is 9.75 Å². The Bertz CT molecular complexity index is 932. The predicted molar refractivity (Wildman–Crippen MR) is 86.0 cm³/mol. The molecule has 3 heterocycles. The summed E-state index contributed by atoms with van der Waals surface area (Å²) < 4.78 is 28.3. The molecule has 11 heteroatoms. The zero-order valence-corrected chi connectivity index (χ0v) is 14.1. The highest BCUT2D eigenvalue weighted by molar-refractivity contribution is 7.89. The Balaban J connectivity index is 1.57. The normalized spacial score (nSPS) is 11.9. The van der Waals surface area contributed by atoms with Gasteiger partial charge in [-0.1, -0.05) is 0 Å². The lowest BCUT2D eigenvalue weighted by Crippen LogP contribution is -2.29. The van der Waals surface area contributed by atoms with Gasteiger partial charge >= 0.3 is 0 Å². The molecule has 122 valence electrons. The molecule has 3 aromatic rings. The van der Waals surface area contributed by atoms with Crippen LogP contribution in [0.3, 0.4) is 0 Å². The van der Waals surface area contributed by atoms with E-state index >= 15 is 0 Å². The van der Waals surface area contributed by atoms with Crippen LogP contribution in [0.15, 0.2) is 23.1 Å². The van der Waals surface area contributed by atoms with E-state index in [9.17, 15) is 8.42 Å². The van der Waals surface area contributed by atoms with Crippen molar-refractivity contribution in [3.63, 3.8) is 0 Å². The maximum Gasteiger partial charge on any atom is 0.241 e. The SMILES string of the molecule is Cc1cc(S(=O)(=O)NCCNc2ccc3nnnn3n2)c(C)s1. The Labute approximate surface area is 136 Å². The second kappa shape index (κ2) is 6.18. The van der Waals surface area contributed by atoms with Crippen molar-refractivity contribution < 1.29 is 8.42 Å². The molecular formula is C12H15N7O2S2. The van der Waals surface area contributed by atoms with Crippen LogP contribution in [-0.2, 0) is 10.0 Å². The van der Waals surface area contributed by atoms with Gasteiger partial charge < -0.3 is 5.32 Å². The van der Waals surface area contributed by atoms with Gasteiger partial charge in [0.2, 0.25) is 10.0 Å². The lowest BCUT2D eigenvalue weighted by atomic mass is 10.4. The van der Waals surface area contributed by atoms with Crippen molar-refractivity contribution in [1.82, 2.24) is 30.0 Å². The van der Waals surface area contributed by atoms with Crippen molar-refractivity contribution in [1.29, 1.82) is 0 Å². The molecule has 2 N–H and O–H groups in total. The molecule has 0 amide bonds. The van der Waals surface area contributed by atoms with Gasteiger partial charge in [0.05, 0.1) is 4.90 Å². The van der Waals surface area contributed by atoms with Crippen molar-refractivity contribution >= 4 is 32.8 Å². The van der Waals surface area contributed by atoms with Gasteiger partial charge in [-0.15, -0.1) is 26.2 Å². The van der Waals surface area contributed by atoms with E-state index in [0.29, 0.717) is 22.9 Å². The summed E-state index contributed by atoms with van der Waals surface area (Å²) in [5.74, 6) is 0.562. The van der Waals surface area contributed by atoms with Gasteiger partial charge in [0, 0.05) is 22.8 Å². The molecule has 0 saturated carbocycles. The number of fused-ring (bicyclic) bond motifs is 1. The maximum atomic E-state index is 12.2. The molecule has 0 aliphatic rings. The quantitative estimate of drug-likeness (QED) is 0.623. The van der Waals surface area contributed by atoms with Crippen LogP contribution in [0, 0.1) is 13.8 Å². The number of sulfonamides is 1. The molecule has 9 nitrogen and oxygen atoms in total. The van der Waals surface area contributed by atoms with Gasteiger partial charge in [-0.3, -0.25) is 0 Å². The highest BCUT2D eigenvalue weighted by Gasteiger charge is 2.18. The number of nitrogens with one attached hydrogen (secondary N) is 2. The minimum absolute atomic E-state index is 0.242. The van der Waals surface area contributed by atoms with Crippen LogP contribution < -0.4 is 10.0 Å². The van der Waals surface area contributed by atoms with Gasteiger partial charge in [-0.25, -0.2) is 13.1 Å². The van der Waals surface area contributed by atoms with Crippen LogP contribution in [-0.4, -0.2) is 46.8 Å². The van der Waals surface area contributed by atoms with E-state index in [-0.39, 0.29) is 6.54 Å². The summed E-state index contributed by atoms with van der Waals surface area (Å²) in [6, 6.07) is 5.13. The molecule has 0 aliphatic heterocycles. The molecular weight excluding hydrogens is 338 g/mol. The number of hydrogen-bond donors (Lipinski definition) is 2. The third kappa shape index (κ3) is 3.46. The average Bonchev–Trinajstić information content (AvgIpc) is 3.09. The highest BCUT2D eigenvalue weighted by atomic mass is 32.2. The Morgan fingerprint density at radius 1 is 1.26 bits per heavy atom. The van der Waals surface area contributed by atoms with Gasteiger partial charge in [-0.05, 0) is 42.5 Å². The van der Waals surface area contributed by atoms with Crippen LogP contribution in [0.2, 0.25) is 0 Å². The van der Waals surface area contributed by atoms with E-state index in [4.69, 9.17) is 0 Å². The second-order valence-electron chi connectivity index (χ2n) is 4.85. The van der Waals surface area contributed by atoms with Crippen molar-refractivity contribution in [2.75, 3.05) is 18.4 Å². The third-order valence-electron chi connectivity index (χ3n) is 3.08. The van der Waals surface area contributed by atoms with E-state index in [1.165, 1.54) is 16.0 Å². The molecule has 0 bridgehead atoms. The largest absolute Gasteiger partial charge is 0.367 e. The molecule has 3 rings (SSSR count). The lowest BCUT2D eigenvalue weighted by molar-refractivity contribution is 0.582. The molecule has 3 aromatic heterocycles. The first-order valence-electron chi connectivity index (χ1n) is 6.82. The van der Waals surface area contributed by atoms with Crippen molar-refractivity contribution in [3.8, 4) is 0 Å². The number of thiophene rings is 1. The topological polar surface area (TPSA) is 114 Å². The summed E-state index contributed by atoms with van der Waals surface area (Å²) in [4.78, 5) is 2.10. The first-order chi connectivity index (χ1) is 11.0. The van der Waals surface area contributed by atoms with Crippen molar-refractivity contribution in [3.05, 3.63) is 28.0 Å². The second-order valence-corrected chi connectivity index (χ2v) is 8.04. The molecule has 0 radical (unpaired) electrons. The van der Waals surface area contributed by atoms with Crippen LogP contribution in [0.25, 0.3) is 5.65 Å².